The molecule has 0 saturated carbocycles. The van der Waals surface area contributed by atoms with Gasteiger partial charge in [-0.15, -0.1) is 0 Å². The zero-order valence-electron chi connectivity index (χ0n) is 11.3. The van der Waals surface area contributed by atoms with Crippen molar-refractivity contribution in [2.24, 2.45) is 5.92 Å². The Hall–Kier alpha value is -0.870. The zero-order chi connectivity index (χ0) is 13.7. The molecular weight excluding hydrogens is 306 g/mol. The Bertz CT molecular complexity index is 411. The van der Waals surface area contributed by atoms with E-state index < -0.39 is 0 Å². The van der Waals surface area contributed by atoms with Gasteiger partial charge in [-0.2, -0.15) is 0 Å². The number of nitrogens with zero attached hydrogens (tertiary/aromatic N) is 1. The molecule has 1 aliphatic rings. The first-order valence-corrected chi connectivity index (χ1v) is 7.80. The number of hydrogen-bond acceptors (Lipinski definition) is 2. The summed E-state index contributed by atoms with van der Waals surface area (Å²) in [5, 5.41) is 0.823. The average Bonchev–Trinajstić information content (AvgIpc) is 2.48. The number of halogens is 1. The largest absolute Gasteiger partial charge is 0.384 e. The Kier molecular flexibility index (Phi) is 5.40. The van der Waals surface area contributed by atoms with Gasteiger partial charge in [0.25, 0.3) is 5.91 Å². The molecule has 0 aromatic heterocycles. The second-order valence-corrected chi connectivity index (χ2v) is 5.58. The van der Waals surface area contributed by atoms with Gasteiger partial charge in [-0.05, 0) is 36.5 Å². The summed E-state index contributed by atoms with van der Waals surface area (Å²) in [4.78, 5) is 14.3. The van der Waals surface area contributed by atoms with Gasteiger partial charge in [-0.25, -0.2) is 0 Å². The summed E-state index contributed by atoms with van der Waals surface area (Å²) >= 11 is 3.41. The summed E-state index contributed by atoms with van der Waals surface area (Å²) in [7, 11) is 1.74. The highest BCUT2D eigenvalue weighted by atomic mass is 79.9. The van der Waals surface area contributed by atoms with Gasteiger partial charge < -0.3 is 9.64 Å². The van der Waals surface area contributed by atoms with Crippen LogP contribution in [0.3, 0.4) is 0 Å². The molecule has 1 aliphatic heterocycles. The highest BCUT2D eigenvalue weighted by molar-refractivity contribution is 9.08. The highest BCUT2D eigenvalue weighted by Crippen LogP contribution is 2.19. The van der Waals surface area contributed by atoms with E-state index in [1.807, 2.05) is 29.2 Å². The van der Waals surface area contributed by atoms with Gasteiger partial charge in [-0.1, -0.05) is 28.1 Å². The van der Waals surface area contributed by atoms with E-state index in [9.17, 15) is 4.79 Å². The first kappa shape index (κ1) is 14.5. The minimum absolute atomic E-state index is 0.150. The number of methoxy groups -OCH3 is 1. The number of carbonyl (C=O) groups is 1. The van der Waals surface area contributed by atoms with Crippen molar-refractivity contribution in [2.75, 3.05) is 26.8 Å². The Morgan fingerprint density at radius 1 is 1.32 bits per heavy atom. The van der Waals surface area contributed by atoms with E-state index in [0.717, 1.165) is 43.4 Å². The second kappa shape index (κ2) is 7.06. The van der Waals surface area contributed by atoms with E-state index >= 15 is 0 Å². The fraction of sp³-hybridized carbons (Fsp3) is 0.533. The average molecular weight is 326 g/mol. The first-order chi connectivity index (χ1) is 9.24. The fourth-order valence-electron chi connectivity index (χ4n) is 2.46. The Balaban J connectivity index is 1.93. The van der Waals surface area contributed by atoms with Gasteiger partial charge in [0.1, 0.15) is 0 Å². The number of benzene rings is 1. The standard InChI is InChI=1S/C15H20BrNO2/c1-19-11-13-6-8-17(9-7-13)15(18)14-4-2-12(10-16)3-5-14/h2-5,13H,6-11H2,1H3. The molecule has 3 nitrogen and oxygen atoms in total. The summed E-state index contributed by atoms with van der Waals surface area (Å²) in [5.74, 6) is 0.752. The number of likely N-dealkylation sites (tertiary alicyclic amines) is 1. The molecule has 0 N–H and O–H groups in total. The zero-order valence-corrected chi connectivity index (χ0v) is 12.9. The van der Waals surface area contributed by atoms with Crippen molar-refractivity contribution in [3.05, 3.63) is 35.4 Å². The quantitative estimate of drug-likeness (QED) is 0.796. The molecule has 0 spiro atoms. The van der Waals surface area contributed by atoms with E-state index in [0.29, 0.717) is 5.92 Å². The molecule has 1 amide bonds. The van der Waals surface area contributed by atoms with Crippen molar-refractivity contribution >= 4 is 21.8 Å². The summed E-state index contributed by atoms with van der Waals surface area (Å²) in [5.41, 5.74) is 1.98. The molecule has 1 fully saturated rings. The van der Waals surface area contributed by atoms with Crippen molar-refractivity contribution in [2.45, 2.75) is 18.2 Å². The van der Waals surface area contributed by atoms with Gasteiger partial charge in [0.15, 0.2) is 0 Å². The molecule has 1 saturated heterocycles. The van der Waals surface area contributed by atoms with Crippen molar-refractivity contribution < 1.29 is 9.53 Å². The number of carbonyl (C=O) groups excluding carboxylic acids is 1. The SMILES string of the molecule is COCC1CCN(C(=O)c2ccc(CBr)cc2)CC1. The predicted molar refractivity (Wildman–Crippen MR) is 79.6 cm³/mol. The van der Waals surface area contributed by atoms with Crippen molar-refractivity contribution in [1.29, 1.82) is 0 Å². The molecular formula is C15H20BrNO2. The summed E-state index contributed by atoms with van der Waals surface area (Å²) in [6.07, 6.45) is 2.08. The van der Waals surface area contributed by atoms with Gasteiger partial charge in [-0.3, -0.25) is 4.79 Å². The molecule has 1 aromatic carbocycles. The van der Waals surface area contributed by atoms with E-state index in [4.69, 9.17) is 4.74 Å². The maximum absolute atomic E-state index is 12.3. The third-order valence-electron chi connectivity index (χ3n) is 3.66. The van der Waals surface area contributed by atoms with Crippen LogP contribution in [-0.2, 0) is 10.1 Å². The van der Waals surface area contributed by atoms with Gasteiger partial charge in [0.05, 0.1) is 0 Å². The van der Waals surface area contributed by atoms with Crippen molar-refractivity contribution in [3.8, 4) is 0 Å². The lowest BCUT2D eigenvalue weighted by molar-refractivity contribution is 0.0613. The minimum Gasteiger partial charge on any atom is -0.384 e. The van der Waals surface area contributed by atoms with Gasteiger partial charge >= 0.3 is 0 Å². The van der Waals surface area contributed by atoms with Crippen LogP contribution >= 0.6 is 15.9 Å². The van der Waals surface area contributed by atoms with Crippen LogP contribution in [0.15, 0.2) is 24.3 Å². The molecule has 0 unspecified atom stereocenters. The van der Waals surface area contributed by atoms with Crippen molar-refractivity contribution in [3.63, 3.8) is 0 Å². The lowest BCUT2D eigenvalue weighted by atomic mass is 9.97. The molecule has 2 rings (SSSR count). The first-order valence-electron chi connectivity index (χ1n) is 6.67. The normalized spacial score (nSPS) is 16.6. The number of ether oxygens (including phenoxy) is 1. The Morgan fingerprint density at radius 2 is 1.95 bits per heavy atom. The lowest BCUT2D eigenvalue weighted by Crippen LogP contribution is -2.39. The maximum Gasteiger partial charge on any atom is 0.253 e. The van der Waals surface area contributed by atoms with Crippen LogP contribution in [0.25, 0.3) is 0 Å². The molecule has 0 aliphatic carbocycles. The third kappa shape index (κ3) is 3.80. The van der Waals surface area contributed by atoms with Crippen molar-refractivity contribution in [1.82, 2.24) is 4.90 Å². The van der Waals surface area contributed by atoms with Crippen LogP contribution in [0.2, 0.25) is 0 Å². The summed E-state index contributed by atoms with van der Waals surface area (Å²) < 4.78 is 5.18. The molecule has 19 heavy (non-hydrogen) atoms. The Labute approximate surface area is 123 Å². The van der Waals surface area contributed by atoms with E-state index in [1.165, 1.54) is 5.56 Å². The monoisotopic (exact) mass is 325 g/mol. The predicted octanol–water partition coefficient (Wildman–Crippen LogP) is 3.08. The van der Waals surface area contributed by atoms with Crippen LogP contribution in [0, 0.1) is 5.92 Å². The molecule has 4 heteroatoms. The molecule has 1 aromatic rings. The van der Waals surface area contributed by atoms with Gasteiger partial charge in [0.2, 0.25) is 0 Å². The lowest BCUT2D eigenvalue weighted by Gasteiger charge is -2.31. The molecule has 104 valence electrons. The topological polar surface area (TPSA) is 29.5 Å². The molecule has 0 atom stereocenters. The summed E-state index contributed by atoms with van der Waals surface area (Å²) in [6, 6.07) is 7.83. The smallest absolute Gasteiger partial charge is 0.253 e. The van der Waals surface area contributed by atoms with E-state index in [-0.39, 0.29) is 5.91 Å². The van der Waals surface area contributed by atoms with E-state index in [1.54, 1.807) is 7.11 Å². The third-order valence-corrected chi connectivity index (χ3v) is 4.31. The number of piperidine rings is 1. The molecule has 0 bridgehead atoms. The maximum atomic E-state index is 12.3. The fourth-order valence-corrected chi connectivity index (χ4v) is 2.83. The van der Waals surface area contributed by atoms with E-state index in [2.05, 4.69) is 15.9 Å². The number of hydrogen-bond donors (Lipinski definition) is 0. The Morgan fingerprint density at radius 3 is 2.47 bits per heavy atom. The van der Waals surface area contributed by atoms with Crippen LogP contribution in [0.5, 0.6) is 0 Å². The van der Waals surface area contributed by atoms with Crippen LogP contribution in [-0.4, -0.2) is 37.6 Å². The van der Waals surface area contributed by atoms with Crippen LogP contribution < -0.4 is 0 Å². The highest BCUT2D eigenvalue weighted by Gasteiger charge is 2.23. The number of alkyl halides is 1. The molecule has 1 heterocycles. The summed E-state index contributed by atoms with van der Waals surface area (Å²) in [6.45, 7) is 2.49. The van der Waals surface area contributed by atoms with Crippen LogP contribution in [0.1, 0.15) is 28.8 Å². The minimum atomic E-state index is 0.150. The molecule has 0 radical (unpaired) electrons. The van der Waals surface area contributed by atoms with Crippen LogP contribution in [0.4, 0.5) is 0 Å². The number of rotatable bonds is 4. The van der Waals surface area contributed by atoms with Gasteiger partial charge in [0, 0.05) is 37.7 Å². The number of amides is 1. The second-order valence-electron chi connectivity index (χ2n) is 5.02.